The second-order valence-corrected chi connectivity index (χ2v) is 8.98. The highest BCUT2D eigenvalue weighted by atomic mass is 32.2. The second kappa shape index (κ2) is 8.08. The lowest BCUT2D eigenvalue weighted by Crippen LogP contribution is -2.24. The normalized spacial score (nSPS) is 11.4. The second-order valence-electron chi connectivity index (χ2n) is 6.87. The molecule has 0 saturated heterocycles. The molecule has 1 N–H and O–H groups in total. The van der Waals surface area contributed by atoms with E-state index in [9.17, 15) is 18.0 Å². The molecule has 152 valence electrons. The van der Waals surface area contributed by atoms with Crippen LogP contribution in [-0.4, -0.2) is 29.4 Å². The molecule has 7 nitrogen and oxygen atoms in total. The summed E-state index contributed by atoms with van der Waals surface area (Å²) in [5, 5.41) is 2.59. The quantitative estimate of drug-likeness (QED) is 0.673. The van der Waals surface area contributed by atoms with Crippen LogP contribution in [0, 0.1) is 13.8 Å². The van der Waals surface area contributed by atoms with Crippen LogP contribution in [0.5, 0.6) is 0 Å². The number of anilines is 1. The summed E-state index contributed by atoms with van der Waals surface area (Å²) in [5.41, 5.74) is 1.98. The number of benzene rings is 2. The molecule has 0 unspecified atom stereocenters. The van der Waals surface area contributed by atoms with Crippen LogP contribution < -0.4 is 10.9 Å². The van der Waals surface area contributed by atoms with Gasteiger partial charge in [-0.3, -0.25) is 14.3 Å². The number of hydrogen-bond acceptors (Lipinski definition) is 4. The zero-order valence-corrected chi connectivity index (χ0v) is 17.4. The number of nitrogens with one attached hydrogen (secondary N) is 1. The molecule has 8 heteroatoms. The van der Waals surface area contributed by atoms with E-state index in [4.69, 9.17) is 0 Å². The summed E-state index contributed by atoms with van der Waals surface area (Å²) in [5.74, 6) is -0.854. The summed E-state index contributed by atoms with van der Waals surface area (Å²) in [6.07, 6.45) is -0.241. The maximum atomic E-state index is 12.8. The van der Waals surface area contributed by atoms with Gasteiger partial charge >= 0.3 is 0 Å². The van der Waals surface area contributed by atoms with Gasteiger partial charge in [-0.15, -0.1) is 0 Å². The molecule has 1 aromatic heterocycles. The molecule has 29 heavy (non-hydrogen) atoms. The molecule has 2 aromatic carbocycles. The maximum Gasteiger partial charge on any atom is 0.295 e. The topological polar surface area (TPSA) is 90.2 Å². The van der Waals surface area contributed by atoms with Crippen molar-refractivity contribution in [1.29, 1.82) is 0 Å². The first kappa shape index (κ1) is 20.6. The first-order valence-electron chi connectivity index (χ1n) is 9.14. The van der Waals surface area contributed by atoms with Crippen LogP contribution in [0.15, 0.2) is 64.3 Å². The number of rotatable bonds is 6. The van der Waals surface area contributed by atoms with Crippen molar-refractivity contribution in [1.82, 2.24) is 9.36 Å². The molecular weight excluding hydrogens is 390 g/mol. The Balaban J connectivity index is 1.76. The summed E-state index contributed by atoms with van der Waals surface area (Å²) < 4.78 is 28.0. The Labute approximate surface area is 169 Å². The summed E-state index contributed by atoms with van der Waals surface area (Å²) in [7, 11) is -1.86. The Bertz CT molecular complexity index is 1190. The Morgan fingerprint density at radius 1 is 1.00 bits per heavy atom. The molecule has 3 rings (SSSR count). The van der Waals surface area contributed by atoms with E-state index in [1.807, 2.05) is 25.1 Å². The Hall–Kier alpha value is -3.13. The van der Waals surface area contributed by atoms with Gasteiger partial charge in [0.2, 0.25) is 5.91 Å². The number of sulfone groups is 1. The third kappa shape index (κ3) is 4.32. The number of aryl methyl sites for hydroxylation is 1. The summed E-state index contributed by atoms with van der Waals surface area (Å²) >= 11 is 0. The van der Waals surface area contributed by atoms with Gasteiger partial charge < -0.3 is 5.32 Å². The van der Waals surface area contributed by atoms with Crippen LogP contribution in [0.3, 0.4) is 0 Å². The van der Waals surface area contributed by atoms with Gasteiger partial charge in [0.25, 0.3) is 5.56 Å². The van der Waals surface area contributed by atoms with E-state index < -0.39 is 15.7 Å². The van der Waals surface area contributed by atoms with Crippen molar-refractivity contribution in [3.8, 4) is 5.69 Å². The molecule has 0 aliphatic heterocycles. The molecule has 0 radical (unpaired) electrons. The van der Waals surface area contributed by atoms with Crippen LogP contribution in [0.4, 0.5) is 5.69 Å². The average molecular weight is 413 g/mol. The average Bonchev–Trinajstić information content (AvgIpc) is 2.91. The minimum Gasteiger partial charge on any atom is -0.320 e. The Morgan fingerprint density at radius 2 is 1.62 bits per heavy atom. The molecule has 3 aromatic rings. The molecule has 1 heterocycles. The van der Waals surface area contributed by atoms with Crippen LogP contribution in [0.25, 0.3) is 5.69 Å². The summed E-state index contributed by atoms with van der Waals surface area (Å²) in [4.78, 5) is 25.4. The van der Waals surface area contributed by atoms with Gasteiger partial charge in [0.05, 0.1) is 22.0 Å². The molecule has 0 atom stereocenters. The zero-order chi connectivity index (χ0) is 21.2. The maximum absolute atomic E-state index is 12.8. The minimum atomic E-state index is -3.58. The fraction of sp³-hybridized carbons (Fsp3) is 0.238. The van der Waals surface area contributed by atoms with E-state index in [0.717, 1.165) is 5.56 Å². The van der Waals surface area contributed by atoms with E-state index in [1.165, 1.54) is 16.8 Å². The Kier molecular flexibility index (Phi) is 5.74. The predicted molar refractivity (Wildman–Crippen MR) is 112 cm³/mol. The molecular formula is C21H23N3O4S. The van der Waals surface area contributed by atoms with Crippen molar-refractivity contribution in [2.24, 2.45) is 7.05 Å². The number of carbonyl (C=O) groups excluding carboxylic acids is 1. The molecule has 0 bridgehead atoms. The number of carbonyl (C=O) groups is 1. The van der Waals surface area contributed by atoms with Crippen LogP contribution in [0.2, 0.25) is 0 Å². The van der Waals surface area contributed by atoms with Crippen molar-refractivity contribution in [3.63, 3.8) is 0 Å². The first-order chi connectivity index (χ1) is 13.7. The Morgan fingerprint density at radius 3 is 2.24 bits per heavy atom. The zero-order valence-electron chi connectivity index (χ0n) is 16.5. The molecule has 0 fully saturated rings. The smallest absolute Gasteiger partial charge is 0.295 e. The van der Waals surface area contributed by atoms with Gasteiger partial charge in [0.1, 0.15) is 5.69 Å². The molecule has 0 saturated carbocycles. The fourth-order valence-corrected chi connectivity index (χ4v) is 4.25. The molecule has 0 aliphatic rings. The van der Waals surface area contributed by atoms with Crippen molar-refractivity contribution < 1.29 is 13.2 Å². The number of hydrogen-bond donors (Lipinski definition) is 1. The number of amides is 1. The van der Waals surface area contributed by atoms with E-state index in [-0.39, 0.29) is 28.3 Å². The van der Waals surface area contributed by atoms with Crippen molar-refractivity contribution in [2.45, 2.75) is 25.2 Å². The summed E-state index contributed by atoms with van der Waals surface area (Å²) in [6, 6.07) is 15.6. The highest BCUT2D eigenvalue weighted by molar-refractivity contribution is 7.91. The third-order valence-corrected chi connectivity index (χ3v) is 6.53. The molecule has 0 spiro atoms. The lowest BCUT2D eigenvalue weighted by Gasteiger charge is -2.07. The van der Waals surface area contributed by atoms with Gasteiger partial charge in [0.15, 0.2) is 9.84 Å². The van der Waals surface area contributed by atoms with Gasteiger partial charge in [-0.2, -0.15) is 0 Å². The van der Waals surface area contributed by atoms with Gasteiger partial charge in [-0.25, -0.2) is 13.1 Å². The van der Waals surface area contributed by atoms with Gasteiger partial charge in [-0.1, -0.05) is 35.9 Å². The number of aromatic nitrogens is 2. The van der Waals surface area contributed by atoms with Crippen LogP contribution in [0.1, 0.15) is 17.7 Å². The third-order valence-electron chi connectivity index (χ3n) is 4.80. The number of para-hydroxylation sites is 1. The number of nitrogens with zero attached hydrogens (tertiary/aromatic N) is 2. The van der Waals surface area contributed by atoms with E-state index >= 15 is 0 Å². The van der Waals surface area contributed by atoms with Crippen LogP contribution in [-0.2, 0) is 21.7 Å². The van der Waals surface area contributed by atoms with Crippen molar-refractivity contribution in [3.05, 3.63) is 76.2 Å². The lowest BCUT2D eigenvalue weighted by molar-refractivity contribution is -0.115. The standard InChI is InChI=1S/C21H23N3O4S/c1-15-9-11-18(12-10-15)29(27,28)14-13-19(25)22-20-16(2)23(3)24(21(20)26)17-7-5-4-6-8-17/h4-12H,13-14H2,1-3H3,(H,22,25). The van der Waals surface area contributed by atoms with Gasteiger partial charge in [0, 0.05) is 13.5 Å². The summed E-state index contributed by atoms with van der Waals surface area (Å²) in [6.45, 7) is 3.59. The van der Waals surface area contributed by atoms with Crippen LogP contribution >= 0.6 is 0 Å². The minimum absolute atomic E-state index is 0.147. The van der Waals surface area contributed by atoms with E-state index in [2.05, 4.69) is 5.32 Å². The predicted octanol–water partition coefficient (Wildman–Crippen LogP) is 2.60. The highest BCUT2D eigenvalue weighted by Crippen LogP contribution is 2.16. The van der Waals surface area contributed by atoms with Crippen molar-refractivity contribution >= 4 is 21.4 Å². The SMILES string of the molecule is Cc1ccc(S(=O)(=O)CCC(=O)Nc2c(C)n(C)n(-c3ccccc3)c2=O)cc1. The van der Waals surface area contributed by atoms with Crippen molar-refractivity contribution in [2.75, 3.05) is 11.1 Å². The van der Waals surface area contributed by atoms with E-state index in [1.54, 1.807) is 42.9 Å². The monoisotopic (exact) mass is 413 g/mol. The molecule has 1 amide bonds. The van der Waals surface area contributed by atoms with Gasteiger partial charge in [-0.05, 0) is 38.1 Å². The fourth-order valence-electron chi connectivity index (χ4n) is 3.00. The van der Waals surface area contributed by atoms with E-state index in [0.29, 0.717) is 11.4 Å². The highest BCUT2D eigenvalue weighted by Gasteiger charge is 2.20. The first-order valence-corrected chi connectivity index (χ1v) is 10.8. The largest absolute Gasteiger partial charge is 0.320 e. The lowest BCUT2D eigenvalue weighted by atomic mass is 10.2. The molecule has 0 aliphatic carbocycles.